The van der Waals surface area contributed by atoms with Crippen LogP contribution in [0.3, 0.4) is 0 Å². The van der Waals surface area contributed by atoms with Gasteiger partial charge in [-0.2, -0.15) is 4.72 Å². The number of para-hydroxylation sites is 1. The van der Waals surface area contributed by atoms with Crippen LogP contribution in [0.1, 0.15) is 17.3 Å². The molecular formula is C27H25ClN2O6S. The number of fused-ring (bicyclic) bond motifs is 1. The summed E-state index contributed by atoms with van der Waals surface area (Å²) in [5.74, 6) is -1.55. The number of hydrogen-bond acceptors (Lipinski definition) is 6. The number of ether oxygens (including phenoxy) is 1. The minimum absolute atomic E-state index is 0.144. The predicted octanol–water partition coefficient (Wildman–Crippen LogP) is 3.95. The van der Waals surface area contributed by atoms with E-state index in [4.69, 9.17) is 16.3 Å². The van der Waals surface area contributed by atoms with Gasteiger partial charge in [-0.05, 0) is 42.8 Å². The fourth-order valence-electron chi connectivity index (χ4n) is 4.10. The lowest BCUT2D eigenvalue weighted by Crippen LogP contribution is -2.48. The molecule has 4 aromatic rings. The SMILES string of the molecule is C[C@H](O)[C@@H](NS(=O)(=O)c1ccc(Cl)cc1)C(=O)OCC(=O)c1c(-c2ccccc2)n(C)c2ccccc12. The lowest BCUT2D eigenvalue weighted by molar-refractivity contribution is -0.147. The monoisotopic (exact) mass is 540 g/mol. The molecule has 0 aliphatic heterocycles. The maximum Gasteiger partial charge on any atom is 0.327 e. The summed E-state index contributed by atoms with van der Waals surface area (Å²) in [5.41, 5.74) is 2.69. The highest BCUT2D eigenvalue weighted by molar-refractivity contribution is 7.89. The summed E-state index contributed by atoms with van der Waals surface area (Å²) < 4.78 is 34.7. The Bertz CT molecular complexity index is 1550. The van der Waals surface area contributed by atoms with Crippen LogP contribution in [0, 0.1) is 0 Å². The number of hydrogen-bond donors (Lipinski definition) is 2. The molecule has 37 heavy (non-hydrogen) atoms. The third-order valence-electron chi connectivity index (χ3n) is 5.92. The first-order valence-electron chi connectivity index (χ1n) is 11.4. The quantitative estimate of drug-likeness (QED) is 0.245. The average Bonchev–Trinajstić information content (AvgIpc) is 3.19. The van der Waals surface area contributed by atoms with Gasteiger partial charge in [0.2, 0.25) is 15.8 Å². The van der Waals surface area contributed by atoms with Gasteiger partial charge in [-0.25, -0.2) is 8.42 Å². The lowest BCUT2D eigenvalue weighted by atomic mass is 10.0. The van der Waals surface area contributed by atoms with Crippen LogP contribution < -0.4 is 4.72 Å². The molecule has 192 valence electrons. The zero-order chi connectivity index (χ0) is 26.7. The van der Waals surface area contributed by atoms with Crippen molar-refractivity contribution in [2.45, 2.75) is 24.0 Å². The largest absolute Gasteiger partial charge is 0.456 e. The van der Waals surface area contributed by atoms with Gasteiger partial charge in [-0.3, -0.25) is 9.59 Å². The van der Waals surface area contributed by atoms with E-state index in [1.165, 1.54) is 31.2 Å². The van der Waals surface area contributed by atoms with Crippen LogP contribution >= 0.6 is 11.6 Å². The van der Waals surface area contributed by atoms with Crippen molar-refractivity contribution >= 4 is 44.3 Å². The molecule has 10 heteroatoms. The summed E-state index contributed by atoms with van der Waals surface area (Å²) in [5, 5.41) is 11.2. The summed E-state index contributed by atoms with van der Waals surface area (Å²) >= 11 is 5.82. The zero-order valence-corrected chi connectivity index (χ0v) is 21.7. The van der Waals surface area contributed by atoms with Gasteiger partial charge >= 0.3 is 5.97 Å². The molecule has 3 aromatic carbocycles. The number of aromatic nitrogens is 1. The number of rotatable bonds is 9. The minimum atomic E-state index is -4.18. The fourth-order valence-corrected chi connectivity index (χ4v) is 5.48. The molecule has 1 aromatic heterocycles. The third-order valence-corrected chi connectivity index (χ3v) is 7.63. The normalized spacial score (nSPS) is 13.3. The minimum Gasteiger partial charge on any atom is -0.456 e. The van der Waals surface area contributed by atoms with Gasteiger partial charge in [0.05, 0.1) is 22.3 Å². The van der Waals surface area contributed by atoms with Crippen molar-refractivity contribution in [2.75, 3.05) is 6.61 Å². The van der Waals surface area contributed by atoms with Gasteiger partial charge in [0.1, 0.15) is 6.04 Å². The number of benzene rings is 3. The Morgan fingerprint density at radius 3 is 2.27 bits per heavy atom. The molecule has 0 aliphatic rings. The van der Waals surface area contributed by atoms with E-state index in [1.54, 1.807) is 0 Å². The summed E-state index contributed by atoms with van der Waals surface area (Å²) in [7, 11) is -2.33. The second-order valence-electron chi connectivity index (χ2n) is 8.49. The first-order chi connectivity index (χ1) is 17.6. The summed E-state index contributed by atoms with van der Waals surface area (Å²) in [6.07, 6.45) is -1.43. The fraction of sp³-hybridized carbons (Fsp3) is 0.185. The van der Waals surface area contributed by atoms with E-state index in [0.29, 0.717) is 21.7 Å². The Labute approximate surface area is 219 Å². The number of aliphatic hydroxyl groups excluding tert-OH is 1. The number of Topliss-reactive ketones (excluding diaryl/α,β-unsaturated/α-hetero) is 1. The second kappa shape index (κ2) is 10.9. The Hall–Kier alpha value is -3.50. The molecule has 0 bridgehead atoms. The van der Waals surface area contributed by atoms with Gasteiger partial charge in [0.25, 0.3) is 0 Å². The van der Waals surface area contributed by atoms with E-state index in [1.807, 2.05) is 66.2 Å². The molecule has 8 nitrogen and oxygen atoms in total. The van der Waals surface area contributed by atoms with E-state index in [0.717, 1.165) is 11.1 Å². The Kier molecular flexibility index (Phi) is 7.79. The highest BCUT2D eigenvalue weighted by Crippen LogP contribution is 2.33. The zero-order valence-electron chi connectivity index (χ0n) is 20.1. The molecule has 2 atom stereocenters. The molecule has 4 rings (SSSR count). The van der Waals surface area contributed by atoms with Crippen molar-refractivity contribution < 1.29 is 27.9 Å². The molecule has 0 unspecified atom stereocenters. The number of ketones is 1. The number of nitrogens with one attached hydrogen (secondary N) is 1. The maximum atomic E-state index is 13.4. The molecular weight excluding hydrogens is 516 g/mol. The molecule has 0 saturated heterocycles. The molecule has 0 saturated carbocycles. The summed E-state index contributed by atoms with van der Waals surface area (Å²) in [6.45, 7) is 0.606. The van der Waals surface area contributed by atoms with Gasteiger partial charge in [0, 0.05) is 23.0 Å². The smallest absolute Gasteiger partial charge is 0.327 e. The highest BCUT2D eigenvalue weighted by atomic mass is 35.5. The van der Waals surface area contributed by atoms with Gasteiger partial charge in [-0.1, -0.05) is 60.1 Å². The average molecular weight is 541 g/mol. The predicted molar refractivity (Wildman–Crippen MR) is 141 cm³/mol. The van der Waals surface area contributed by atoms with Crippen molar-refractivity contribution in [1.29, 1.82) is 0 Å². The number of esters is 1. The third kappa shape index (κ3) is 5.60. The molecule has 0 radical (unpaired) electrons. The summed E-state index contributed by atoms with van der Waals surface area (Å²) in [4.78, 5) is 26.1. The van der Waals surface area contributed by atoms with E-state index < -0.39 is 40.5 Å². The van der Waals surface area contributed by atoms with Gasteiger partial charge in [-0.15, -0.1) is 0 Å². The number of carbonyl (C=O) groups is 2. The first-order valence-corrected chi connectivity index (χ1v) is 13.2. The van der Waals surface area contributed by atoms with Crippen molar-refractivity contribution in [2.24, 2.45) is 7.05 Å². The second-order valence-corrected chi connectivity index (χ2v) is 10.6. The number of nitrogens with zero attached hydrogens (tertiary/aromatic N) is 1. The molecule has 0 amide bonds. The number of aryl methyl sites for hydroxylation is 1. The van der Waals surface area contributed by atoms with E-state index in [9.17, 15) is 23.1 Å². The number of carbonyl (C=O) groups excluding carboxylic acids is 2. The lowest BCUT2D eigenvalue weighted by Gasteiger charge is -2.20. The number of aliphatic hydroxyl groups is 1. The Morgan fingerprint density at radius 1 is 1.00 bits per heavy atom. The molecule has 0 spiro atoms. The van der Waals surface area contributed by atoms with E-state index in [-0.39, 0.29) is 4.90 Å². The van der Waals surface area contributed by atoms with Crippen molar-refractivity contribution in [3.8, 4) is 11.3 Å². The molecule has 1 heterocycles. The maximum absolute atomic E-state index is 13.4. The van der Waals surface area contributed by atoms with Crippen LogP contribution in [0.15, 0.2) is 83.8 Å². The molecule has 2 N–H and O–H groups in total. The standard InChI is InChI=1S/C27H25ClN2O6S/c1-17(31)25(29-37(34,35)20-14-12-19(28)13-15-20)27(33)36-16-23(32)24-21-10-6-7-11-22(21)30(2)26(24)18-8-4-3-5-9-18/h3-15,17,25,29,31H,16H2,1-2H3/t17-,25+/m0/s1. The van der Waals surface area contributed by atoms with Crippen molar-refractivity contribution in [3.63, 3.8) is 0 Å². The molecule has 0 aliphatic carbocycles. The Balaban J connectivity index is 1.58. The van der Waals surface area contributed by atoms with Crippen LogP contribution in [0.2, 0.25) is 5.02 Å². The molecule has 0 fully saturated rings. The number of sulfonamides is 1. The van der Waals surface area contributed by atoms with Crippen molar-refractivity contribution in [3.05, 3.63) is 89.4 Å². The topological polar surface area (TPSA) is 115 Å². The van der Waals surface area contributed by atoms with Crippen molar-refractivity contribution in [1.82, 2.24) is 9.29 Å². The van der Waals surface area contributed by atoms with Crippen LogP contribution in [0.25, 0.3) is 22.2 Å². The summed E-state index contributed by atoms with van der Waals surface area (Å²) in [6, 6.07) is 20.4. The van der Waals surface area contributed by atoms with Gasteiger partial charge in [0.15, 0.2) is 6.61 Å². The van der Waals surface area contributed by atoms with Crippen LogP contribution in [0.5, 0.6) is 0 Å². The van der Waals surface area contributed by atoms with Gasteiger partial charge < -0.3 is 14.4 Å². The van der Waals surface area contributed by atoms with E-state index in [2.05, 4.69) is 4.72 Å². The van der Waals surface area contributed by atoms with Crippen LogP contribution in [0.4, 0.5) is 0 Å². The van der Waals surface area contributed by atoms with E-state index >= 15 is 0 Å². The van der Waals surface area contributed by atoms with Crippen LogP contribution in [-0.4, -0.2) is 48.6 Å². The number of halogens is 1. The highest BCUT2D eigenvalue weighted by Gasteiger charge is 2.32. The van der Waals surface area contributed by atoms with Crippen LogP contribution in [-0.2, 0) is 26.6 Å². The Morgan fingerprint density at radius 2 is 1.62 bits per heavy atom. The first kappa shape index (κ1) is 26.6.